The summed E-state index contributed by atoms with van der Waals surface area (Å²) in [4.78, 5) is 16.0. The zero-order valence-corrected chi connectivity index (χ0v) is 13.4. The van der Waals surface area contributed by atoms with Gasteiger partial charge in [-0.1, -0.05) is 35.9 Å². The molecule has 24 heavy (non-hydrogen) atoms. The molecule has 122 valence electrons. The molecule has 5 nitrogen and oxygen atoms in total. The number of halogens is 2. The van der Waals surface area contributed by atoms with Crippen LogP contribution in [0.4, 0.5) is 4.39 Å². The summed E-state index contributed by atoms with van der Waals surface area (Å²) < 4.78 is 14.7. The first kappa shape index (κ1) is 16.1. The molecule has 0 radical (unpaired) electrons. The molecule has 7 heteroatoms. The Bertz CT molecular complexity index is 834. The highest BCUT2D eigenvalue weighted by Gasteiger charge is 2.10. The van der Waals surface area contributed by atoms with Crippen LogP contribution in [0.5, 0.6) is 0 Å². The Kier molecular flexibility index (Phi) is 4.86. The van der Waals surface area contributed by atoms with Crippen LogP contribution in [0.25, 0.3) is 0 Å². The van der Waals surface area contributed by atoms with Crippen molar-refractivity contribution in [2.24, 2.45) is 0 Å². The smallest absolute Gasteiger partial charge is 0.253 e. The minimum Gasteiger partial charge on any atom is -0.348 e. The summed E-state index contributed by atoms with van der Waals surface area (Å²) >= 11 is 5.88. The van der Waals surface area contributed by atoms with Gasteiger partial charge in [0.1, 0.15) is 18.5 Å². The molecule has 0 fully saturated rings. The van der Waals surface area contributed by atoms with Gasteiger partial charge in [0.2, 0.25) is 0 Å². The van der Waals surface area contributed by atoms with E-state index in [0.29, 0.717) is 13.1 Å². The van der Waals surface area contributed by atoms with Crippen molar-refractivity contribution < 1.29 is 9.18 Å². The predicted molar refractivity (Wildman–Crippen MR) is 88.1 cm³/mol. The van der Waals surface area contributed by atoms with Crippen LogP contribution in [0.3, 0.4) is 0 Å². The van der Waals surface area contributed by atoms with Gasteiger partial charge in [0, 0.05) is 6.54 Å². The zero-order chi connectivity index (χ0) is 16.9. The zero-order valence-electron chi connectivity index (χ0n) is 12.6. The first-order valence-corrected chi connectivity index (χ1v) is 7.63. The van der Waals surface area contributed by atoms with Crippen LogP contribution in [0.2, 0.25) is 5.02 Å². The molecule has 0 unspecified atom stereocenters. The summed E-state index contributed by atoms with van der Waals surface area (Å²) in [7, 11) is 0. The molecule has 0 saturated heterocycles. The van der Waals surface area contributed by atoms with Crippen molar-refractivity contribution in [2.75, 3.05) is 0 Å². The van der Waals surface area contributed by atoms with Gasteiger partial charge in [-0.3, -0.25) is 4.79 Å². The van der Waals surface area contributed by atoms with Crippen molar-refractivity contribution in [1.82, 2.24) is 20.1 Å². The van der Waals surface area contributed by atoms with Gasteiger partial charge in [0.15, 0.2) is 0 Å². The lowest BCUT2D eigenvalue weighted by Crippen LogP contribution is -2.23. The third-order valence-corrected chi connectivity index (χ3v) is 3.78. The number of amides is 1. The van der Waals surface area contributed by atoms with Crippen molar-refractivity contribution in [2.45, 2.75) is 13.1 Å². The van der Waals surface area contributed by atoms with Crippen molar-refractivity contribution in [3.63, 3.8) is 0 Å². The van der Waals surface area contributed by atoms with E-state index in [1.165, 1.54) is 18.5 Å². The molecule has 3 rings (SSSR count). The number of hydrogen-bond donors (Lipinski definition) is 1. The number of carbonyl (C=O) groups is 1. The fourth-order valence-corrected chi connectivity index (χ4v) is 2.47. The van der Waals surface area contributed by atoms with E-state index in [1.54, 1.807) is 11.0 Å². The van der Waals surface area contributed by atoms with E-state index >= 15 is 0 Å². The Balaban J connectivity index is 1.59. The molecule has 0 aliphatic heterocycles. The third kappa shape index (κ3) is 3.97. The quantitative estimate of drug-likeness (QED) is 0.774. The number of nitrogens with one attached hydrogen (secondary N) is 1. The molecule has 2 aromatic carbocycles. The van der Waals surface area contributed by atoms with Gasteiger partial charge in [-0.25, -0.2) is 14.1 Å². The van der Waals surface area contributed by atoms with Gasteiger partial charge in [-0.15, -0.1) is 0 Å². The summed E-state index contributed by atoms with van der Waals surface area (Å²) in [6.07, 6.45) is 3.14. The molecular weight excluding hydrogens is 331 g/mol. The minimum atomic E-state index is -0.473. The lowest BCUT2D eigenvalue weighted by Gasteiger charge is -2.08. The second-order valence-electron chi connectivity index (χ2n) is 5.22. The fourth-order valence-electron chi connectivity index (χ4n) is 2.22. The summed E-state index contributed by atoms with van der Waals surface area (Å²) in [6, 6.07) is 11.5. The molecule has 0 saturated carbocycles. The normalized spacial score (nSPS) is 10.6. The number of carbonyl (C=O) groups excluding carboxylic acids is 1. The maximum absolute atomic E-state index is 13.0. The topological polar surface area (TPSA) is 59.8 Å². The molecule has 0 aliphatic carbocycles. The number of aromatic nitrogens is 3. The van der Waals surface area contributed by atoms with E-state index in [2.05, 4.69) is 15.4 Å². The maximum Gasteiger partial charge on any atom is 0.253 e. The lowest BCUT2D eigenvalue weighted by atomic mass is 10.1. The Morgan fingerprint density at radius 1 is 1.17 bits per heavy atom. The second-order valence-corrected chi connectivity index (χ2v) is 5.62. The first-order chi connectivity index (χ1) is 11.6. The molecule has 1 aromatic heterocycles. The van der Waals surface area contributed by atoms with Gasteiger partial charge in [-0.2, -0.15) is 5.10 Å². The van der Waals surface area contributed by atoms with E-state index in [4.69, 9.17) is 11.6 Å². The second kappa shape index (κ2) is 7.23. The fraction of sp³-hybridized carbons (Fsp3) is 0.118. The molecule has 0 spiro atoms. The molecular formula is C17H14ClFN4O. The van der Waals surface area contributed by atoms with Crippen LogP contribution in [-0.4, -0.2) is 20.7 Å². The average Bonchev–Trinajstić information content (AvgIpc) is 3.07. The van der Waals surface area contributed by atoms with E-state index in [-0.39, 0.29) is 16.5 Å². The summed E-state index contributed by atoms with van der Waals surface area (Å²) in [5, 5.41) is 6.91. The van der Waals surface area contributed by atoms with Crippen molar-refractivity contribution in [1.29, 1.82) is 0 Å². The number of rotatable bonds is 5. The third-order valence-electron chi connectivity index (χ3n) is 3.46. The summed E-state index contributed by atoms with van der Waals surface area (Å²) in [5.74, 6) is -0.814. The van der Waals surface area contributed by atoms with E-state index in [9.17, 15) is 9.18 Å². The van der Waals surface area contributed by atoms with Crippen LogP contribution in [0.1, 0.15) is 21.5 Å². The highest BCUT2D eigenvalue weighted by molar-refractivity contribution is 6.33. The largest absolute Gasteiger partial charge is 0.348 e. The molecule has 1 heterocycles. The van der Waals surface area contributed by atoms with Crippen LogP contribution < -0.4 is 5.32 Å². The minimum absolute atomic E-state index is 0.0932. The van der Waals surface area contributed by atoms with E-state index in [0.717, 1.165) is 17.2 Å². The predicted octanol–water partition coefficient (Wildman–Crippen LogP) is 3.05. The van der Waals surface area contributed by atoms with Crippen molar-refractivity contribution in [3.8, 4) is 0 Å². The molecule has 1 N–H and O–H groups in total. The van der Waals surface area contributed by atoms with Gasteiger partial charge in [0.25, 0.3) is 5.91 Å². The average molecular weight is 345 g/mol. The van der Waals surface area contributed by atoms with E-state index < -0.39 is 5.82 Å². The van der Waals surface area contributed by atoms with Crippen molar-refractivity contribution in [3.05, 3.63) is 82.6 Å². The van der Waals surface area contributed by atoms with Gasteiger partial charge >= 0.3 is 0 Å². The van der Waals surface area contributed by atoms with Gasteiger partial charge in [0.05, 0.1) is 17.1 Å². The number of hydrogen-bond acceptors (Lipinski definition) is 3. The Morgan fingerprint density at radius 3 is 2.58 bits per heavy atom. The van der Waals surface area contributed by atoms with Gasteiger partial charge in [-0.05, 0) is 29.3 Å². The maximum atomic E-state index is 13.0. The van der Waals surface area contributed by atoms with Crippen LogP contribution in [0, 0.1) is 5.82 Å². The summed E-state index contributed by atoms with van der Waals surface area (Å²) in [5.41, 5.74) is 2.28. The lowest BCUT2D eigenvalue weighted by molar-refractivity contribution is 0.0951. The number of nitrogens with zero attached hydrogens (tertiary/aromatic N) is 3. The van der Waals surface area contributed by atoms with Crippen LogP contribution in [-0.2, 0) is 13.1 Å². The molecule has 3 aromatic rings. The molecule has 0 bridgehead atoms. The Morgan fingerprint density at radius 2 is 1.92 bits per heavy atom. The Labute approximate surface area is 143 Å². The highest BCUT2D eigenvalue weighted by Crippen LogP contribution is 2.17. The van der Waals surface area contributed by atoms with Crippen LogP contribution in [0.15, 0.2) is 55.1 Å². The molecule has 0 atom stereocenters. The standard InChI is InChI=1S/C17H14ClFN4O/c18-16-7-14(19)5-6-15(16)17(24)21-8-12-1-3-13(4-2-12)9-23-11-20-10-22-23/h1-7,10-11H,8-9H2,(H,21,24). The SMILES string of the molecule is O=C(NCc1ccc(Cn2cncn2)cc1)c1ccc(F)cc1Cl. The summed E-state index contributed by atoms with van der Waals surface area (Å²) in [6.45, 7) is 0.994. The van der Waals surface area contributed by atoms with Crippen molar-refractivity contribution >= 4 is 17.5 Å². The van der Waals surface area contributed by atoms with Gasteiger partial charge < -0.3 is 5.32 Å². The molecule has 1 amide bonds. The first-order valence-electron chi connectivity index (χ1n) is 7.25. The monoisotopic (exact) mass is 344 g/mol. The Hall–Kier alpha value is -2.73. The number of benzene rings is 2. The molecule has 0 aliphatic rings. The van der Waals surface area contributed by atoms with Crippen LogP contribution >= 0.6 is 11.6 Å². The highest BCUT2D eigenvalue weighted by atomic mass is 35.5. The van der Waals surface area contributed by atoms with E-state index in [1.807, 2.05) is 24.3 Å².